The van der Waals surface area contributed by atoms with Gasteiger partial charge in [0.2, 0.25) is 15.9 Å². The van der Waals surface area contributed by atoms with E-state index in [1.807, 2.05) is 34.9 Å². The van der Waals surface area contributed by atoms with E-state index in [2.05, 4.69) is 20.5 Å². The number of pyridine rings is 1. The number of sulfonamides is 1. The summed E-state index contributed by atoms with van der Waals surface area (Å²) in [4.78, 5) is 16.6. The monoisotopic (exact) mass is 528 g/mol. The van der Waals surface area contributed by atoms with E-state index in [0.717, 1.165) is 11.1 Å². The van der Waals surface area contributed by atoms with E-state index in [9.17, 15) is 13.2 Å². The van der Waals surface area contributed by atoms with E-state index in [4.69, 9.17) is 16.7 Å². The Morgan fingerprint density at radius 2 is 1.74 bits per heavy atom. The third-order valence-electron chi connectivity index (χ3n) is 4.99. The van der Waals surface area contributed by atoms with Gasteiger partial charge in [-0.15, -0.1) is 10.2 Å². The molecule has 180 valence electrons. The summed E-state index contributed by atoms with van der Waals surface area (Å²) < 4.78 is 24.5. The second-order valence-electron chi connectivity index (χ2n) is 7.41. The molecule has 2 aromatic carbocycles. The van der Waals surface area contributed by atoms with Crippen LogP contribution in [0, 0.1) is 0 Å². The van der Waals surface area contributed by atoms with E-state index in [1.165, 1.54) is 23.9 Å². The number of hydrogen-bond donors (Lipinski definition) is 2. The van der Waals surface area contributed by atoms with Crippen LogP contribution in [0.2, 0.25) is 5.02 Å². The third-order valence-corrected chi connectivity index (χ3v) is 7.16. The van der Waals surface area contributed by atoms with E-state index in [0.29, 0.717) is 34.7 Å². The van der Waals surface area contributed by atoms with Crippen LogP contribution in [0.25, 0.3) is 17.1 Å². The van der Waals surface area contributed by atoms with Crippen molar-refractivity contribution in [1.29, 1.82) is 0 Å². The minimum absolute atomic E-state index is 0.0513. The Labute approximate surface area is 211 Å². The molecule has 0 saturated carbocycles. The van der Waals surface area contributed by atoms with Crippen molar-refractivity contribution in [1.82, 2.24) is 25.1 Å². The zero-order valence-electron chi connectivity index (χ0n) is 18.3. The van der Waals surface area contributed by atoms with E-state index < -0.39 is 10.0 Å². The number of nitrogens with two attached hydrogens (primary N) is 1. The summed E-state index contributed by atoms with van der Waals surface area (Å²) in [6, 6.07) is 17.3. The van der Waals surface area contributed by atoms with Gasteiger partial charge in [0.25, 0.3) is 0 Å². The number of rotatable bonds is 9. The minimum atomic E-state index is -3.73. The number of primary sulfonamides is 1. The molecule has 0 aliphatic rings. The molecule has 0 spiro atoms. The predicted molar refractivity (Wildman–Crippen MR) is 135 cm³/mol. The van der Waals surface area contributed by atoms with E-state index in [-0.39, 0.29) is 16.6 Å². The molecule has 0 bridgehead atoms. The smallest absolute Gasteiger partial charge is 0.238 e. The van der Waals surface area contributed by atoms with E-state index >= 15 is 0 Å². The van der Waals surface area contributed by atoms with Gasteiger partial charge in [0.15, 0.2) is 11.0 Å². The average Bonchev–Trinajstić information content (AvgIpc) is 3.27. The Balaban J connectivity index is 1.42. The maximum absolute atomic E-state index is 12.5. The molecule has 4 rings (SSSR count). The number of amides is 1. The predicted octanol–water partition coefficient (Wildman–Crippen LogP) is 3.08. The number of para-hydroxylation sites is 1. The van der Waals surface area contributed by atoms with Crippen LogP contribution in [0.3, 0.4) is 0 Å². The van der Waals surface area contributed by atoms with Crippen molar-refractivity contribution < 1.29 is 13.2 Å². The first kappa shape index (κ1) is 24.9. The van der Waals surface area contributed by atoms with Gasteiger partial charge in [0, 0.05) is 24.5 Å². The van der Waals surface area contributed by atoms with Gasteiger partial charge in [0.1, 0.15) is 0 Å². The molecule has 1 amide bonds. The van der Waals surface area contributed by atoms with Crippen LogP contribution in [0.1, 0.15) is 5.56 Å². The van der Waals surface area contributed by atoms with Gasteiger partial charge in [-0.1, -0.05) is 47.6 Å². The highest BCUT2D eigenvalue weighted by Crippen LogP contribution is 2.31. The Kier molecular flexibility index (Phi) is 7.81. The lowest BCUT2D eigenvalue weighted by molar-refractivity contribution is -0.118. The zero-order valence-corrected chi connectivity index (χ0v) is 20.7. The molecule has 35 heavy (non-hydrogen) atoms. The average molecular weight is 529 g/mol. The third kappa shape index (κ3) is 6.25. The lowest BCUT2D eigenvalue weighted by Gasteiger charge is -2.12. The maximum atomic E-state index is 12.5. The lowest BCUT2D eigenvalue weighted by Crippen LogP contribution is -2.27. The molecule has 3 N–H and O–H groups in total. The first-order valence-corrected chi connectivity index (χ1v) is 13.4. The first-order valence-electron chi connectivity index (χ1n) is 10.4. The van der Waals surface area contributed by atoms with Crippen LogP contribution in [-0.2, 0) is 21.2 Å². The number of hydrogen-bond acceptors (Lipinski definition) is 7. The molecule has 0 aliphatic heterocycles. The fraction of sp³-hybridized carbons (Fsp3) is 0.130. The maximum Gasteiger partial charge on any atom is 0.238 e. The standard InChI is InChI=1S/C23H21ClN6O3S2/c24-19-3-1-2-4-20(19)30-22(17-10-12-26-13-11-17)28-29-23(30)34-15-21(31)27-14-9-16-5-7-18(8-6-16)35(25,32)33/h1-8,10-13H,9,14-15H2,(H,27,31)(H2,25,32,33). The lowest BCUT2D eigenvalue weighted by atomic mass is 10.1. The van der Waals surface area contributed by atoms with Gasteiger partial charge in [-0.05, 0) is 48.4 Å². The van der Waals surface area contributed by atoms with Gasteiger partial charge >= 0.3 is 0 Å². The topological polar surface area (TPSA) is 133 Å². The Bertz CT molecular complexity index is 1430. The molecule has 2 heterocycles. The summed E-state index contributed by atoms with van der Waals surface area (Å²) in [6.45, 7) is 0.396. The fourth-order valence-electron chi connectivity index (χ4n) is 3.27. The van der Waals surface area contributed by atoms with Crippen molar-refractivity contribution in [3.05, 3.63) is 83.6 Å². The molecule has 0 atom stereocenters. The molecular formula is C23H21ClN6O3S2. The Morgan fingerprint density at radius 3 is 2.43 bits per heavy atom. The number of halogens is 1. The number of nitrogens with zero attached hydrogens (tertiary/aromatic N) is 4. The van der Waals surface area contributed by atoms with Gasteiger partial charge in [0.05, 0.1) is 21.4 Å². The van der Waals surface area contributed by atoms with Gasteiger partial charge < -0.3 is 5.32 Å². The van der Waals surface area contributed by atoms with Crippen molar-refractivity contribution in [3.8, 4) is 17.1 Å². The molecule has 9 nitrogen and oxygen atoms in total. The summed E-state index contributed by atoms with van der Waals surface area (Å²) in [5.74, 6) is 0.546. The highest BCUT2D eigenvalue weighted by molar-refractivity contribution is 7.99. The number of thioether (sulfide) groups is 1. The number of benzene rings is 2. The summed E-state index contributed by atoms with van der Waals surface area (Å²) in [5.41, 5.74) is 2.40. The minimum Gasteiger partial charge on any atom is -0.355 e. The second kappa shape index (κ2) is 11.0. The van der Waals surface area contributed by atoms with E-state index in [1.54, 1.807) is 30.6 Å². The number of aromatic nitrogens is 4. The normalized spacial score (nSPS) is 11.4. The SMILES string of the molecule is NS(=O)(=O)c1ccc(CCNC(=O)CSc2nnc(-c3ccncc3)n2-c2ccccc2Cl)cc1. The summed E-state index contributed by atoms with van der Waals surface area (Å²) in [5, 5.41) is 17.7. The van der Waals surface area contributed by atoms with Crippen LogP contribution in [0.15, 0.2) is 83.1 Å². The zero-order chi connectivity index (χ0) is 24.8. The van der Waals surface area contributed by atoms with Crippen LogP contribution >= 0.6 is 23.4 Å². The van der Waals surface area contributed by atoms with Crippen LogP contribution in [0.4, 0.5) is 0 Å². The van der Waals surface area contributed by atoms with Crippen molar-refractivity contribution in [2.75, 3.05) is 12.3 Å². The van der Waals surface area contributed by atoms with Gasteiger partial charge in [-0.25, -0.2) is 13.6 Å². The number of carbonyl (C=O) groups excluding carboxylic acids is 1. The molecule has 0 fully saturated rings. The Morgan fingerprint density at radius 1 is 1.03 bits per heavy atom. The molecule has 0 saturated heterocycles. The molecule has 4 aromatic rings. The summed E-state index contributed by atoms with van der Waals surface area (Å²) in [6.07, 6.45) is 3.89. The molecular weight excluding hydrogens is 508 g/mol. The van der Waals surface area contributed by atoms with Crippen LogP contribution in [0.5, 0.6) is 0 Å². The quantitative estimate of drug-likeness (QED) is 0.319. The number of nitrogens with one attached hydrogen (secondary N) is 1. The molecule has 0 radical (unpaired) electrons. The fourth-order valence-corrected chi connectivity index (χ4v) is 4.79. The number of carbonyl (C=O) groups is 1. The van der Waals surface area contributed by atoms with Gasteiger partial charge in [-0.3, -0.25) is 14.3 Å². The van der Waals surface area contributed by atoms with Crippen molar-refractivity contribution in [2.45, 2.75) is 16.5 Å². The van der Waals surface area contributed by atoms with Crippen molar-refractivity contribution in [3.63, 3.8) is 0 Å². The molecule has 2 aromatic heterocycles. The summed E-state index contributed by atoms with van der Waals surface area (Å²) in [7, 11) is -3.73. The second-order valence-corrected chi connectivity index (χ2v) is 10.3. The largest absolute Gasteiger partial charge is 0.355 e. The van der Waals surface area contributed by atoms with Crippen molar-refractivity contribution >= 4 is 39.3 Å². The molecule has 0 unspecified atom stereocenters. The molecule has 12 heteroatoms. The first-order chi connectivity index (χ1) is 16.8. The van der Waals surface area contributed by atoms with Crippen LogP contribution in [-0.4, -0.2) is 46.4 Å². The highest BCUT2D eigenvalue weighted by atomic mass is 35.5. The van der Waals surface area contributed by atoms with Crippen LogP contribution < -0.4 is 10.5 Å². The Hall–Kier alpha value is -3.25. The highest BCUT2D eigenvalue weighted by Gasteiger charge is 2.19. The summed E-state index contributed by atoms with van der Waals surface area (Å²) >= 11 is 7.70. The van der Waals surface area contributed by atoms with Gasteiger partial charge in [-0.2, -0.15) is 0 Å². The van der Waals surface area contributed by atoms with Crippen molar-refractivity contribution in [2.24, 2.45) is 5.14 Å². The molecule has 0 aliphatic carbocycles.